The Morgan fingerprint density at radius 3 is 2.82 bits per heavy atom. The second-order valence-corrected chi connectivity index (χ2v) is 5.98. The molecule has 2 aromatic carbocycles. The average Bonchev–Trinajstić information content (AvgIpc) is 2.88. The van der Waals surface area contributed by atoms with Gasteiger partial charge in [-0.1, -0.05) is 24.3 Å². The molecule has 1 aliphatic heterocycles. The Morgan fingerprint density at radius 2 is 1.96 bits per heavy atom. The van der Waals surface area contributed by atoms with E-state index in [1.54, 1.807) is 31.4 Å². The first-order valence-electron chi connectivity index (χ1n) is 8.52. The van der Waals surface area contributed by atoms with E-state index in [9.17, 15) is 4.79 Å². The molecule has 8 heteroatoms. The summed E-state index contributed by atoms with van der Waals surface area (Å²) in [5.74, 6) is 0.961. The minimum atomic E-state index is -0.920. The van der Waals surface area contributed by atoms with E-state index < -0.39 is 11.9 Å². The van der Waals surface area contributed by atoms with Crippen LogP contribution in [0, 0.1) is 0 Å². The maximum atomic E-state index is 12.4. The summed E-state index contributed by atoms with van der Waals surface area (Å²) in [6.07, 6.45) is 0.524. The highest BCUT2D eigenvalue weighted by Gasteiger charge is 2.15. The van der Waals surface area contributed by atoms with Crippen molar-refractivity contribution in [3.63, 3.8) is 0 Å². The van der Waals surface area contributed by atoms with Crippen LogP contribution in [-0.2, 0) is 0 Å². The molecule has 4 rings (SSSR count). The van der Waals surface area contributed by atoms with Gasteiger partial charge in [-0.15, -0.1) is 0 Å². The zero-order valence-electron chi connectivity index (χ0n) is 15.0. The quantitative estimate of drug-likeness (QED) is 0.682. The summed E-state index contributed by atoms with van der Waals surface area (Å²) in [5.41, 5.74) is 7.27. The number of methoxy groups -OCH3 is 1. The van der Waals surface area contributed by atoms with Crippen LogP contribution < -0.4 is 21.4 Å². The van der Waals surface area contributed by atoms with E-state index in [-0.39, 0.29) is 11.5 Å². The second-order valence-electron chi connectivity index (χ2n) is 5.98. The highest BCUT2D eigenvalue weighted by atomic mass is 16.5. The molecule has 3 N–H and O–H groups in total. The van der Waals surface area contributed by atoms with Gasteiger partial charge in [0.2, 0.25) is 5.96 Å². The number of hydrogen-bond donors (Lipinski definition) is 2. The average molecular weight is 375 g/mol. The number of benzene rings is 2. The first-order chi connectivity index (χ1) is 13.6. The standard InChI is InChI=1S/C20H17N5O3/c1-27-14-7-4-6-13(10-14)23-20-22-11-16(24-19(21)25-20)15-9-12-5-2-3-8-17(12)28-18(15)26/h2-11,19H,21H2,1H3,(H,23,25). The Hall–Kier alpha value is -3.78. The summed E-state index contributed by atoms with van der Waals surface area (Å²) in [4.78, 5) is 25.2. The normalized spacial score (nSPS) is 16.3. The van der Waals surface area contributed by atoms with E-state index in [1.807, 2.05) is 30.3 Å². The van der Waals surface area contributed by atoms with Crippen LogP contribution in [0.5, 0.6) is 5.75 Å². The lowest BCUT2D eigenvalue weighted by atomic mass is 10.1. The lowest BCUT2D eigenvalue weighted by Crippen LogP contribution is -2.21. The molecule has 0 spiro atoms. The van der Waals surface area contributed by atoms with Gasteiger partial charge in [0.05, 0.1) is 24.6 Å². The molecule has 2 heterocycles. The maximum Gasteiger partial charge on any atom is 0.345 e. The van der Waals surface area contributed by atoms with Crippen molar-refractivity contribution < 1.29 is 9.15 Å². The van der Waals surface area contributed by atoms with Gasteiger partial charge in [0, 0.05) is 17.1 Å². The largest absolute Gasteiger partial charge is 0.497 e. The predicted molar refractivity (Wildman–Crippen MR) is 110 cm³/mol. The van der Waals surface area contributed by atoms with Crippen molar-refractivity contribution in [1.29, 1.82) is 0 Å². The number of nitrogens with two attached hydrogens (primary N) is 1. The lowest BCUT2D eigenvalue weighted by molar-refractivity contribution is 0.415. The molecule has 1 aliphatic rings. The van der Waals surface area contributed by atoms with Gasteiger partial charge in [-0.25, -0.2) is 19.8 Å². The Morgan fingerprint density at radius 1 is 1.11 bits per heavy atom. The number of guanidine groups is 1. The number of nitrogens with one attached hydrogen (secondary N) is 1. The zero-order valence-corrected chi connectivity index (χ0v) is 15.0. The third kappa shape index (κ3) is 3.67. The molecular weight excluding hydrogens is 358 g/mol. The molecule has 1 unspecified atom stereocenters. The fourth-order valence-corrected chi connectivity index (χ4v) is 2.76. The zero-order chi connectivity index (χ0) is 19.5. The number of nitrogens with zero attached hydrogens (tertiary/aromatic N) is 3. The van der Waals surface area contributed by atoms with Crippen molar-refractivity contribution in [3.05, 3.63) is 70.6 Å². The first-order valence-corrected chi connectivity index (χ1v) is 8.52. The lowest BCUT2D eigenvalue weighted by Gasteiger charge is -2.07. The number of para-hydroxylation sites is 1. The van der Waals surface area contributed by atoms with Gasteiger partial charge in [0.1, 0.15) is 11.3 Å². The molecule has 28 heavy (non-hydrogen) atoms. The highest BCUT2D eigenvalue weighted by molar-refractivity contribution is 6.40. The SMILES string of the molecule is COc1cccc(NC2=NC(N)N=C(c3cc4ccccc4oc3=O)C=N2)c1. The summed E-state index contributed by atoms with van der Waals surface area (Å²) in [6.45, 7) is 0. The predicted octanol–water partition coefficient (Wildman–Crippen LogP) is 2.39. The van der Waals surface area contributed by atoms with Gasteiger partial charge in [-0.2, -0.15) is 0 Å². The highest BCUT2D eigenvalue weighted by Crippen LogP contribution is 2.17. The van der Waals surface area contributed by atoms with Crippen molar-refractivity contribution in [3.8, 4) is 5.75 Å². The van der Waals surface area contributed by atoms with Gasteiger partial charge >= 0.3 is 5.63 Å². The number of ether oxygens (including phenoxy) is 1. The monoisotopic (exact) mass is 375 g/mol. The second kappa shape index (κ2) is 7.45. The Labute approximate surface area is 160 Å². The molecule has 0 bridgehead atoms. The minimum absolute atomic E-state index is 0.268. The van der Waals surface area contributed by atoms with Crippen molar-refractivity contribution in [1.82, 2.24) is 0 Å². The van der Waals surface area contributed by atoms with Gasteiger partial charge in [-0.3, -0.25) is 5.73 Å². The van der Waals surface area contributed by atoms with E-state index in [0.717, 1.165) is 11.1 Å². The number of hydrogen-bond acceptors (Lipinski definition) is 8. The number of rotatable bonds is 3. The Balaban J connectivity index is 1.64. The summed E-state index contributed by atoms with van der Waals surface area (Å²) in [5, 5.41) is 3.84. The van der Waals surface area contributed by atoms with E-state index in [1.165, 1.54) is 6.21 Å². The van der Waals surface area contributed by atoms with Crippen LogP contribution in [-0.4, -0.2) is 31.3 Å². The molecule has 0 aliphatic carbocycles. The molecule has 0 saturated heterocycles. The summed E-state index contributed by atoms with van der Waals surface area (Å²) in [6, 6.07) is 16.3. The van der Waals surface area contributed by atoms with Gasteiger partial charge in [0.25, 0.3) is 0 Å². The van der Waals surface area contributed by atoms with Crippen molar-refractivity contribution >= 4 is 34.5 Å². The molecule has 0 amide bonds. The van der Waals surface area contributed by atoms with Crippen molar-refractivity contribution in [2.24, 2.45) is 20.7 Å². The van der Waals surface area contributed by atoms with Crippen molar-refractivity contribution in [2.45, 2.75) is 6.29 Å². The molecule has 3 aromatic rings. The van der Waals surface area contributed by atoms with Crippen LogP contribution in [0.2, 0.25) is 0 Å². The van der Waals surface area contributed by atoms with Crippen LogP contribution in [0.3, 0.4) is 0 Å². The molecule has 1 aromatic heterocycles. The smallest absolute Gasteiger partial charge is 0.345 e. The molecule has 140 valence electrons. The Kier molecular flexibility index (Phi) is 4.69. The summed E-state index contributed by atoms with van der Waals surface area (Å²) in [7, 11) is 1.59. The van der Waals surface area contributed by atoms with Gasteiger partial charge in [0.15, 0.2) is 6.29 Å². The van der Waals surface area contributed by atoms with Crippen LogP contribution in [0.1, 0.15) is 5.56 Å². The van der Waals surface area contributed by atoms with E-state index in [2.05, 4.69) is 20.3 Å². The molecule has 0 fully saturated rings. The summed E-state index contributed by atoms with van der Waals surface area (Å²) < 4.78 is 10.6. The van der Waals surface area contributed by atoms with Crippen LogP contribution >= 0.6 is 0 Å². The van der Waals surface area contributed by atoms with Gasteiger partial charge in [-0.05, 0) is 24.3 Å². The van der Waals surface area contributed by atoms with Crippen LogP contribution in [0.4, 0.5) is 5.69 Å². The van der Waals surface area contributed by atoms with E-state index in [4.69, 9.17) is 14.9 Å². The van der Waals surface area contributed by atoms with Gasteiger partial charge < -0.3 is 14.5 Å². The third-order valence-corrected chi connectivity index (χ3v) is 4.08. The number of aliphatic imine (C=N–C) groups is 3. The van der Waals surface area contributed by atoms with Crippen LogP contribution in [0.25, 0.3) is 11.0 Å². The third-order valence-electron chi connectivity index (χ3n) is 4.08. The summed E-state index contributed by atoms with van der Waals surface area (Å²) >= 11 is 0. The number of fused-ring (bicyclic) bond motifs is 1. The number of anilines is 1. The van der Waals surface area contributed by atoms with Crippen LogP contribution in [0.15, 0.2) is 78.8 Å². The molecule has 0 radical (unpaired) electrons. The molecule has 8 nitrogen and oxygen atoms in total. The van der Waals surface area contributed by atoms with E-state index >= 15 is 0 Å². The maximum absolute atomic E-state index is 12.4. The molecule has 0 saturated carbocycles. The van der Waals surface area contributed by atoms with E-state index in [0.29, 0.717) is 17.0 Å². The minimum Gasteiger partial charge on any atom is -0.497 e. The fraction of sp³-hybridized carbons (Fsp3) is 0.100. The Bertz CT molecular complexity index is 1180. The first kappa shape index (κ1) is 17.6. The topological polar surface area (TPSA) is 115 Å². The fourth-order valence-electron chi connectivity index (χ4n) is 2.76. The van der Waals surface area contributed by atoms with Crippen molar-refractivity contribution in [2.75, 3.05) is 12.4 Å². The molecular formula is C20H17N5O3. The molecule has 1 atom stereocenters.